The lowest BCUT2D eigenvalue weighted by Crippen LogP contribution is -2.25. The molecule has 0 unspecified atom stereocenters. The molecule has 0 saturated carbocycles. The highest BCUT2D eigenvalue weighted by Crippen LogP contribution is 2.22. The molecule has 0 bridgehead atoms. The first kappa shape index (κ1) is 19.0. The molecule has 1 amide bonds. The fraction of sp³-hybridized carbons (Fsp3) is 0.250. The Hall–Kier alpha value is -2.80. The van der Waals surface area contributed by atoms with Crippen molar-refractivity contribution in [1.82, 2.24) is 9.88 Å². The molecule has 1 aromatic heterocycles. The van der Waals surface area contributed by atoms with Gasteiger partial charge in [-0.3, -0.25) is 9.52 Å². The van der Waals surface area contributed by atoms with E-state index in [-0.39, 0.29) is 5.91 Å². The number of amides is 1. The second kappa shape index (κ2) is 7.44. The number of nitrogens with one attached hydrogen (secondary N) is 2. The molecule has 142 valence electrons. The van der Waals surface area contributed by atoms with E-state index >= 15 is 0 Å². The van der Waals surface area contributed by atoms with Gasteiger partial charge in [0.15, 0.2) is 0 Å². The maximum absolute atomic E-state index is 12.4. The summed E-state index contributed by atoms with van der Waals surface area (Å²) in [5, 5.41) is 4.09. The number of carbonyl (C=O) groups excluding carboxylic acids is 1. The summed E-state index contributed by atoms with van der Waals surface area (Å²) in [4.78, 5) is 12.4. The van der Waals surface area contributed by atoms with E-state index in [0.29, 0.717) is 24.2 Å². The highest BCUT2D eigenvalue weighted by molar-refractivity contribution is 7.92. The van der Waals surface area contributed by atoms with E-state index in [2.05, 4.69) is 45.9 Å². The van der Waals surface area contributed by atoms with Crippen LogP contribution in [-0.4, -0.2) is 31.7 Å². The van der Waals surface area contributed by atoms with Crippen LogP contribution >= 0.6 is 0 Å². The van der Waals surface area contributed by atoms with Gasteiger partial charge in [-0.25, -0.2) is 8.42 Å². The molecule has 3 rings (SSSR count). The predicted octanol–water partition coefficient (Wildman–Crippen LogP) is 2.83. The standard InChI is InChI=1S/C20H23N3O3S/c1-14-7-8-18-16(13-23(2)19(18)11-14)9-10-21-20(24)15-5-4-6-17(12-15)22-27(3,25)26/h4-8,11-13,22H,9-10H2,1-3H3,(H,21,24). The Kier molecular flexibility index (Phi) is 5.23. The average Bonchev–Trinajstić information content (AvgIpc) is 2.89. The van der Waals surface area contributed by atoms with Crippen LogP contribution in [0.1, 0.15) is 21.5 Å². The molecule has 0 aliphatic carbocycles. The number of carbonyl (C=O) groups is 1. The molecule has 0 atom stereocenters. The van der Waals surface area contributed by atoms with Crippen molar-refractivity contribution < 1.29 is 13.2 Å². The van der Waals surface area contributed by atoms with Crippen molar-refractivity contribution in [3.63, 3.8) is 0 Å². The molecule has 0 aliphatic rings. The van der Waals surface area contributed by atoms with Crippen LogP contribution in [0.25, 0.3) is 10.9 Å². The number of nitrogens with zero attached hydrogens (tertiary/aromatic N) is 1. The third kappa shape index (κ3) is 4.68. The molecule has 0 fully saturated rings. The van der Waals surface area contributed by atoms with E-state index in [0.717, 1.165) is 6.26 Å². The first-order chi connectivity index (χ1) is 12.7. The number of hydrogen-bond acceptors (Lipinski definition) is 3. The number of fused-ring (bicyclic) bond motifs is 1. The molecule has 2 N–H and O–H groups in total. The molecule has 7 heteroatoms. The first-order valence-electron chi connectivity index (χ1n) is 8.63. The molecule has 3 aromatic rings. The number of benzene rings is 2. The van der Waals surface area contributed by atoms with Crippen molar-refractivity contribution in [3.05, 3.63) is 65.4 Å². The molecule has 0 radical (unpaired) electrons. The fourth-order valence-electron chi connectivity index (χ4n) is 3.13. The number of aromatic nitrogens is 1. The van der Waals surface area contributed by atoms with Gasteiger partial charge in [-0.2, -0.15) is 0 Å². The lowest BCUT2D eigenvalue weighted by atomic mass is 10.1. The van der Waals surface area contributed by atoms with Gasteiger partial charge < -0.3 is 9.88 Å². The smallest absolute Gasteiger partial charge is 0.251 e. The molecule has 2 aromatic carbocycles. The van der Waals surface area contributed by atoms with Crippen molar-refractivity contribution in [3.8, 4) is 0 Å². The monoisotopic (exact) mass is 385 g/mol. The number of sulfonamides is 1. The van der Waals surface area contributed by atoms with Gasteiger partial charge in [-0.05, 0) is 48.7 Å². The summed E-state index contributed by atoms with van der Waals surface area (Å²) in [6.45, 7) is 2.56. The molecule has 0 aliphatic heterocycles. The van der Waals surface area contributed by atoms with Crippen molar-refractivity contribution in [1.29, 1.82) is 0 Å². The van der Waals surface area contributed by atoms with Crippen LogP contribution in [0.3, 0.4) is 0 Å². The summed E-state index contributed by atoms with van der Waals surface area (Å²) in [6.07, 6.45) is 3.88. The number of aryl methyl sites for hydroxylation is 2. The van der Waals surface area contributed by atoms with Gasteiger partial charge in [0, 0.05) is 41.9 Å². The lowest BCUT2D eigenvalue weighted by Gasteiger charge is -2.08. The molecule has 6 nitrogen and oxygen atoms in total. The number of hydrogen-bond donors (Lipinski definition) is 2. The minimum Gasteiger partial charge on any atom is -0.352 e. The van der Waals surface area contributed by atoms with Crippen LogP contribution < -0.4 is 10.0 Å². The molecular weight excluding hydrogens is 362 g/mol. The Labute approximate surface area is 159 Å². The van der Waals surface area contributed by atoms with Crippen molar-refractivity contribution in [2.45, 2.75) is 13.3 Å². The summed E-state index contributed by atoms with van der Waals surface area (Å²) in [5.41, 5.74) is 4.36. The molecular formula is C20H23N3O3S. The summed E-state index contributed by atoms with van der Waals surface area (Å²) in [7, 11) is -1.36. The Morgan fingerprint density at radius 1 is 1.15 bits per heavy atom. The maximum atomic E-state index is 12.4. The van der Waals surface area contributed by atoms with Crippen LogP contribution in [0.5, 0.6) is 0 Å². The molecule has 0 saturated heterocycles. The minimum absolute atomic E-state index is 0.233. The Morgan fingerprint density at radius 3 is 2.67 bits per heavy atom. The van der Waals surface area contributed by atoms with Gasteiger partial charge in [-0.15, -0.1) is 0 Å². The van der Waals surface area contributed by atoms with Gasteiger partial charge in [0.25, 0.3) is 5.91 Å². The topological polar surface area (TPSA) is 80.2 Å². The third-order valence-electron chi connectivity index (χ3n) is 4.34. The zero-order valence-electron chi connectivity index (χ0n) is 15.6. The normalized spacial score (nSPS) is 11.5. The van der Waals surface area contributed by atoms with Gasteiger partial charge in [-0.1, -0.05) is 18.2 Å². The summed E-state index contributed by atoms with van der Waals surface area (Å²) >= 11 is 0. The highest BCUT2D eigenvalue weighted by Gasteiger charge is 2.10. The van der Waals surface area contributed by atoms with Crippen molar-refractivity contribution >= 4 is 32.5 Å². The summed E-state index contributed by atoms with van der Waals surface area (Å²) < 4.78 is 27.1. The summed E-state index contributed by atoms with van der Waals surface area (Å²) in [6, 6.07) is 12.8. The van der Waals surface area contributed by atoms with Crippen LogP contribution in [0.2, 0.25) is 0 Å². The largest absolute Gasteiger partial charge is 0.352 e. The number of anilines is 1. The van der Waals surface area contributed by atoms with Crippen LogP contribution in [0, 0.1) is 6.92 Å². The van der Waals surface area contributed by atoms with Gasteiger partial charge in [0.2, 0.25) is 10.0 Å². The average molecular weight is 385 g/mol. The second-order valence-corrected chi connectivity index (χ2v) is 8.50. The van der Waals surface area contributed by atoms with Crippen molar-refractivity contribution in [2.24, 2.45) is 7.05 Å². The Balaban J connectivity index is 1.66. The van der Waals surface area contributed by atoms with Gasteiger partial charge in [0.05, 0.1) is 6.26 Å². The van der Waals surface area contributed by atoms with E-state index < -0.39 is 10.0 Å². The van der Waals surface area contributed by atoms with Crippen molar-refractivity contribution in [2.75, 3.05) is 17.5 Å². The Bertz CT molecular complexity index is 1100. The molecule has 1 heterocycles. The van der Waals surface area contributed by atoms with Gasteiger partial charge in [0.1, 0.15) is 0 Å². The number of rotatable bonds is 6. The summed E-state index contributed by atoms with van der Waals surface area (Å²) in [5.74, 6) is -0.233. The zero-order valence-corrected chi connectivity index (χ0v) is 16.4. The van der Waals surface area contributed by atoms with E-state index in [9.17, 15) is 13.2 Å². The SMILES string of the molecule is Cc1ccc2c(CCNC(=O)c3cccc(NS(C)(=O)=O)c3)cn(C)c2c1. The second-order valence-electron chi connectivity index (χ2n) is 6.75. The molecule has 27 heavy (non-hydrogen) atoms. The molecule has 0 spiro atoms. The third-order valence-corrected chi connectivity index (χ3v) is 4.94. The Morgan fingerprint density at radius 2 is 1.93 bits per heavy atom. The predicted molar refractivity (Wildman–Crippen MR) is 109 cm³/mol. The van der Waals surface area contributed by atoms with E-state index in [1.54, 1.807) is 18.2 Å². The fourth-order valence-corrected chi connectivity index (χ4v) is 3.68. The quantitative estimate of drug-likeness (QED) is 0.685. The maximum Gasteiger partial charge on any atom is 0.251 e. The lowest BCUT2D eigenvalue weighted by molar-refractivity contribution is 0.0954. The van der Waals surface area contributed by atoms with E-state index in [4.69, 9.17) is 0 Å². The van der Waals surface area contributed by atoms with Gasteiger partial charge >= 0.3 is 0 Å². The van der Waals surface area contributed by atoms with Crippen LogP contribution in [-0.2, 0) is 23.5 Å². The van der Waals surface area contributed by atoms with E-state index in [1.165, 1.54) is 28.1 Å². The van der Waals surface area contributed by atoms with Crippen LogP contribution in [0.15, 0.2) is 48.7 Å². The zero-order chi connectivity index (χ0) is 19.6. The van der Waals surface area contributed by atoms with Crippen LogP contribution in [0.4, 0.5) is 5.69 Å². The highest BCUT2D eigenvalue weighted by atomic mass is 32.2. The van der Waals surface area contributed by atoms with E-state index in [1.807, 2.05) is 7.05 Å². The first-order valence-corrected chi connectivity index (χ1v) is 10.5. The minimum atomic E-state index is -3.38.